The Hall–Kier alpha value is -0.570. The highest BCUT2D eigenvalue weighted by atomic mass is 16.6. The molecule has 2 rings (SSSR count). The highest BCUT2D eigenvalue weighted by molar-refractivity contribution is 5.66. The van der Waals surface area contributed by atoms with Crippen LogP contribution in [0.25, 0.3) is 0 Å². The van der Waals surface area contributed by atoms with E-state index in [9.17, 15) is 4.79 Å². The van der Waals surface area contributed by atoms with Crippen molar-refractivity contribution in [3.63, 3.8) is 0 Å². The number of carbonyl (C=O) groups is 1. The van der Waals surface area contributed by atoms with Crippen molar-refractivity contribution in [3.05, 3.63) is 0 Å². The molecule has 0 aromatic rings. The second-order valence-electron chi connectivity index (χ2n) is 3.95. The summed E-state index contributed by atoms with van der Waals surface area (Å²) in [7, 11) is 0. The molecular formula is C10H16O3. The first-order chi connectivity index (χ1) is 6.25. The molecule has 2 saturated heterocycles. The maximum Gasteiger partial charge on any atom is 0.302 e. The summed E-state index contributed by atoms with van der Waals surface area (Å²) < 4.78 is 11.0. The highest BCUT2D eigenvalue weighted by Gasteiger charge is 2.35. The minimum absolute atomic E-state index is 0.0185. The molecule has 2 aliphatic heterocycles. The lowest BCUT2D eigenvalue weighted by Crippen LogP contribution is -2.29. The van der Waals surface area contributed by atoms with E-state index >= 15 is 0 Å². The van der Waals surface area contributed by atoms with E-state index in [1.54, 1.807) is 0 Å². The van der Waals surface area contributed by atoms with Crippen molar-refractivity contribution < 1.29 is 14.3 Å². The third-order valence-electron chi connectivity index (χ3n) is 2.89. The number of rotatable bonds is 1. The van der Waals surface area contributed by atoms with Crippen molar-refractivity contribution in [2.24, 2.45) is 0 Å². The van der Waals surface area contributed by atoms with Gasteiger partial charge >= 0.3 is 5.97 Å². The topological polar surface area (TPSA) is 35.5 Å². The molecule has 0 saturated carbocycles. The Kier molecular flexibility index (Phi) is 2.54. The molecule has 3 atom stereocenters. The van der Waals surface area contributed by atoms with E-state index in [1.165, 1.54) is 6.92 Å². The average Bonchev–Trinajstić information content (AvgIpc) is 2.40. The van der Waals surface area contributed by atoms with E-state index in [0.717, 1.165) is 32.1 Å². The van der Waals surface area contributed by atoms with Crippen molar-refractivity contribution >= 4 is 5.97 Å². The molecule has 2 fully saturated rings. The van der Waals surface area contributed by atoms with E-state index in [0.29, 0.717) is 6.10 Å². The molecule has 74 valence electrons. The van der Waals surface area contributed by atoms with Crippen molar-refractivity contribution in [1.29, 1.82) is 0 Å². The second-order valence-corrected chi connectivity index (χ2v) is 3.95. The summed E-state index contributed by atoms with van der Waals surface area (Å²) in [5.74, 6) is -0.182. The first kappa shape index (κ1) is 9.00. The molecule has 2 heterocycles. The lowest BCUT2D eigenvalue weighted by atomic mass is 9.99. The van der Waals surface area contributed by atoms with Gasteiger partial charge in [-0.2, -0.15) is 0 Å². The third-order valence-corrected chi connectivity index (χ3v) is 2.89. The molecule has 0 unspecified atom stereocenters. The van der Waals surface area contributed by atoms with E-state index in [1.807, 2.05) is 0 Å². The smallest absolute Gasteiger partial charge is 0.302 e. The SMILES string of the molecule is CC(=O)O[C@H]1CCC[C@@H]2CC[C@@H]1O2. The largest absolute Gasteiger partial charge is 0.460 e. The standard InChI is InChI=1S/C10H16O3/c1-7(11)12-9-4-2-3-8-5-6-10(9)13-8/h8-10H,2-6H2,1H3/t8-,9+,10+/m1/s1. The predicted octanol–water partition coefficient (Wildman–Crippen LogP) is 1.65. The Bertz CT molecular complexity index is 202. The first-order valence-corrected chi connectivity index (χ1v) is 5.08. The molecule has 0 aromatic carbocycles. The van der Waals surface area contributed by atoms with Crippen LogP contribution >= 0.6 is 0 Å². The Morgan fingerprint density at radius 3 is 2.92 bits per heavy atom. The van der Waals surface area contributed by atoms with Crippen LogP contribution in [0.5, 0.6) is 0 Å². The summed E-state index contributed by atoms with van der Waals surface area (Å²) in [5, 5.41) is 0. The number of hydrogen-bond donors (Lipinski definition) is 0. The summed E-state index contributed by atoms with van der Waals surface area (Å²) in [4.78, 5) is 10.8. The monoisotopic (exact) mass is 184 g/mol. The van der Waals surface area contributed by atoms with Crippen molar-refractivity contribution in [2.75, 3.05) is 0 Å². The van der Waals surface area contributed by atoms with Crippen LogP contribution in [0.4, 0.5) is 0 Å². The summed E-state index contributed by atoms with van der Waals surface area (Å²) in [6, 6.07) is 0. The van der Waals surface area contributed by atoms with Crippen LogP contribution in [0, 0.1) is 0 Å². The van der Waals surface area contributed by atoms with Crippen molar-refractivity contribution in [1.82, 2.24) is 0 Å². The number of ether oxygens (including phenoxy) is 2. The zero-order valence-electron chi connectivity index (χ0n) is 7.99. The molecule has 2 bridgehead atoms. The maximum absolute atomic E-state index is 10.8. The van der Waals surface area contributed by atoms with Gasteiger partial charge < -0.3 is 9.47 Å². The van der Waals surface area contributed by atoms with E-state index in [2.05, 4.69) is 0 Å². The summed E-state index contributed by atoms with van der Waals surface area (Å²) in [6.07, 6.45) is 6.06. The fraction of sp³-hybridized carbons (Fsp3) is 0.900. The Balaban J connectivity index is 1.97. The van der Waals surface area contributed by atoms with Gasteiger partial charge in [-0.3, -0.25) is 4.79 Å². The maximum atomic E-state index is 10.8. The number of esters is 1. The number of carbonyl (C=O) groups excluding carboxylic acids is 1. The van der Waals surface area contributed by atoms with Gasteiger partial charge in [-0.25, -0.2) is 0 Å². The van der Waals surface area contributed by atoms with Crippen LogP contribution in [0.15, 0.2) is 0 Å². The highest BCUT2D eigenvalue weighted by Crippen LogP contribution is 2.32. The summed E-state index contributed by atoms with van der Waals surface area (Å²) in [5.41, 5.74) is 0. The molecule has 0 N–H and O–H groups in total. The molecule has 0 aromatic heterocycles. The molecule has 3 nitrogen and oxygen atoms in total. The fourth-order valence-corrected chi connectivity index (χ4v) is 2.30. The van der Waals surface area contributed by atoms with Gasteiger partial charge in [0.15, 0.2) is 0 Å². The van der Waals surface area contributed by atoms with Crippen molar-refractivity contribution in [2.45, 2.75) is 57.3 Å². The van der Waals surface area contributed by atoms with Crippen LogP contribution in [0.2, 0.25) is 0 Å². The fourth-order valence-electron chi connectivity index (χ4n) is 2.30. The first-order valence-electron chi connectivity index (χ1n) is 5.08. The minimum Gasteiger partial charge on any atom is -0.460 e. The Labute approximate surface area is 78.4 Å². The van der Waals surface area contributed by atoms with E-state index in [-0.39, 0.29) is 18.2 Å². The van der Waals surface area contributed by atoms with Gasteiger partial charge in [-0.15, -0.1) is 0 Å². The van der Waals surface area contributed by atoms with E-state index in [4.69, 9.17) is 9.47 Å². The van der Waals surface area contributed by atoms with Gasteiger partial charge in [0.25, 0.3) is 0 Å². The van der Waals surface area contributed by atoms with Crippen molar-refractivity contribution in [3.8, 4) is 0 Å². The second kappa shape index (κ2) is 3.66. The van der Waals surface area contributed by atoms with Gasteiger partial charge in [0.2, 0.25) is 0 Å². The normalized spacial score (nSPS) is 38.4. The average molecular weight is 184 g/mol. The summed E-state index contributed by atoms with van der Waals surface area (Å²) >= 11 is 0. The Morgan fingerprint density at radius 1 is 1.31 bits per heavy atom. The molecule has 0 spiro atoms. The molecule has 13 heavy (non-hydrogen) atoms. The lowest BCUT2D eigenvalue weighted by Gasteiger charge is -2.20. The summed E-state index contributed by atoms with van der Waals surface area (Å²) in [6.45, 7) is 1.47. The van der Waals surface area contributed by atoms with Crippen LogP contribution in [-0.4, -0.2) is 24.3 Å². The molecular weight excluding hydrogens is 168 g/mol. The molecule has 3 heteroatoms. The zero-order valence-corrected chi connectivity index (χ0v) is 7.99. The third kappa shape index (κ3) is 2.02. The van der Waals surface area contributed by atoms with Gasteiger partial charge in [-0.05, 0) is 32.1 Å². The predicted molar refractivity (Wildman–Crippen MR) is 47.3 cm³/mol. The zero-order chi connectivity index (χ0) is 9.26. The molecule has 0 amide bonds. The van der Waals surface area contributed by atoms with Crippen LogP contribution in [0.1, 0.15) is 39.0 Å². The van der Waals surface area contributed by atoms with Gasteiger partial charge in [0.1, 0.15) is 6.10 Å². The molecule has 0 aliphatic carbocycles. The van der Waals surface area contributed by atoms with Gasteiger partial charge in [0.05, 0.1) is 12.2 Å². The van der Waals surface area contributed by atoms with Gasteiger partial charge in [-0.1, -0.05) is 0 Å². The molecule has 2 aliphatic rings. The lowest BCUT2D eigenvalue weighted by molar-refractivity contribution is -0.153. The quantitative estimate of drug-likeness (QED) is 0.581. The van der Waals surface area contributed by atoms with Crippen LogP contribution < -0.4 is 0 Å². The number of fused-ring (bicyclic) bond motifs is 2. The van der Waals surface area contributed by atoms with Crippen LogP contribution in [0.3, 0.4) is 0 Å². The van der Waals surface area contributed by atoms with E-state index < -0.39 is 0 Å². The minimum atomic E-state index is -0.182. The molecule has 0 radical (unpaired) electrons. The Morgan fingerprint density at radius 2 is 2.15 bits per heavy atom. The van der Waals surface area contributed by atoms with Crippen LogP contribution in [-0.2, 0) is 14.3 Å². The number of hydrogen-bond acceptors (Lipinski definition) is 3. The van der Waals surface area contributed by atoms with Gasteiger partial charge in [0, 0.05) is 6.92 Å².